The van der Waals surface area contributed by atoms with Gasteiger partial charge in [-0.2, -0.15) is 0 Å². The molecule has 17 heavy (non-hydrogen) atoms. The summed E-state index contributed by atoms with van der Waals surface area (Å²) in [6.07, 6.45) is -2.50. The van der Waals surface area contributed by atoms with Crippen LogP contribution in [0, 0.1) is 0 Å². The first-order valence-corrected chi connectivity index (χ1v) is 5.45. The second-order valence-electron chi connectivity index (χ2n) is 4.11. The van der Waals surface area contributed by atoms with E-state index >= 15 is 0 Å². The monoisotopic (exact) mass is 243 g/mol. The normalized spacial score (nSPS) is 17.9. The fraction of sp³-hybridized carbons (Fsp3) is 0.500. The van der Waals surface area contributed by atoms with Gasteiger partial charge in [-0.3, -0.25) is 0 Å². The van der Waals surface area contributed by atoms with E-state index in [1.165, 1.54) is 14.0 Å². The Labute approximate surface area is 98.7 Å². The van der Waals surface area contributed by atoms with Crippen LogP contribution in [0.15, 0.2) is 18.2 Å². The fourth-order valence-electron chi connectivity index (χ4n) is 1.75. The number of alkyl halides is 2. The van der Waals surface area contributed by atoms with Gasteiger partial charge in [0.25, 0.3) is 6.43 Å². The molecule has 2 rings (SSSR count). The molecule has 3 nitrogen and oxygen atoms in total. The molecular weight excluding hydrogens is 228 g/mol. The minimum Gasteiger partial charge on any atom is -0.486 e. The molecule has 0 spiro atoms. The number of ether oxygens (including phenoxy) is 2. The first-order valence-electron chi connectivity index (χ1n) is 5.45. The van der Waals surface area contributed by atoms with E-state index in [2.05, 4.69) is 5.32 Å². The van der Waals surface area contributed by atoms with Crippen LogP contribution in [-0.4, -0.2) is 26.7 Å². The van der Waals surface area contributed by atoms with Crippen molar-refractivity contribution in [3.05, 3.63) is 23.8 Å². The number of hydrogen-bond acceptors (Lipinski definition) is 3. The molecular formula is C12H15F2NO2. The standard InChI is InChI=1S/C12H15F2NO2/c1-12(15-2,11(13)14)8-3-4-9-10(7-8)17-6-5-16-9/h3-4,7,11,15H,5-6H2,1-2H3. The zero-order valence-corrected chi connectivity index (χ0v) is 9.80. The first kappa shape index (κ1) is 12.1. The highest BCUT2D eigenvalue weighted by Gasteiger charge is 2.36. The minimum absolute atomic E-state index is 0.446. The van der Waals surface area contributed by atoms with Crippen LogP contribution in [0.1, 0.15) is 12.5 Å². The predicted molar refractivity (Wildman–Crippen MR) is 59.8 cm³/mol. The topological polar surface area (TPSA) is 30.5 Å². The first-order chi connectivity index (χ1) is 8.08. The van der Waals surface area contributed by atoms with E-state index in [1.54, 1.807) is 18.2 Å². The third kappa shape index (κ3) is 2.07. The van der Waals surface area contributed by atoms with Gasteiger partial charge in [0.05, 0.1) is 0 Å². The van der Waals surface area contributed by atoms with Crippen LogP contribution in [-0.2, 0) is 5.54 Å². The summed E-state index contributed by atoms with van der Waals surface area (Å²) in [4.78, 5) is 0. The van der Waals surface area contributed by atoms with Gasteiger partial charge in [0.15, 0.2) is 11.5 Å². The largest absolute Gasteiger partial charge is 0.486 e. The lowest BCUT2D eigenvalue weighted by atomic mass is 9.92. The van der Waals surface area contributed by atoms with E-state index in [1.807, 2.05) is 0 Å². The van der Waals surface area contributed by atoms with E-state index in [4.69, 9.17) is 9.47 Å². The quantitative estimate of drug-likeness (QED) is 0.882. The lowest BCUT2D eigenvalue weighted by molar-refractivity contribution is 0.0428. The second kappa shape index (κ2) is 4.49. The molecule has 1 aromatic rings. The molecule has 0 saturated heterocycles. The highest BCUT2D eigenvalue weighted by molar-refractivity contribution is 5.45. The van der Waals surface area contributed by atoms with Crippen molar-refractivity contribution < 1.29 is 18.3 Å². The van der Waals surface area contributed by atoms with Crippen molar-refractivity contribution in [3.8, 4) is 11.5 Å². The number of nitrogens with one attached hydrogen (secondary N) is 1. The summed E-state index contributed by atoms with van der Waals surface area (Å²) in [6, 6.07) is 4.91. The van der Waals surface area contributed by atoms with E-state index in [-0.39, 0.29) is 0 Å². The average Bonchev–Trinajstić information content (AvgIpc) is 2.37. The zero-order valence-electron chi connectivity index (χ0n) is 9.80. The van der Waals surface area contributed by atoms with Crippen molar-refractivity contribution >= 4 is 0 Å². The second-order valence-corrected chi connectivity index (χ2v) is 4.11. The van der Waals surface area contributed by atoms with E-state index in [9.17, 15) is 8.78 Å². The lowest BCUT2D eigenvalue weighted by Crippen LogP contribution is -2.43. The smallest absolute Gasteiger partial charge is 0.260 e. The van der Waals surface area contributed by atoms with Gasteiger partial charge >= 0.3 is 0 Å². The third-order valence-corrected chi connectivity index (χ3v) is 3.10. The number of rotatable bonds is 3. The summed E-state index contributed by atoms with van der Waals surface area (Å²) in [5.74, 6) is 1.13. The van der Waals surface area contributed by atoms with Crippen LogP contribution in [0.3, 0.4) is 0 Å². The Balaban J connectivity index is 2.39. The van der Waals surface area contributed by atoms with Crippen molar-refractivity contribution in [3.63, 3.8) is 0 Å². The van der Waals surface area contributed by atoms with Gasteiger partial charge in [0.2, 0.25) is 0 Å². The number of hydrogen-bond donors (Lipinski definition) is 1. The molecule has 0 bridgehead atoms. The average molecular weight is 243 g/mol. The Bertz CT molecular complexity index is 411. The van der Waals surface area contributed by atoms with Crippen molar-refractivity contribution in [1.29, 1.82) is 0 Å². The summed E-state index contributed by atoms with van der Waals surface area (Å²) in [5, 5.41) is 2.65. The molecule has 5 heteroatoms. The van der Waals surface area contributed by atoms with Gasteiger partial charge in [0.1, 0.15) is 18.8 Å². The molecule has 1 atom stereocenters. The lowest BCUT2D eigenvalue weighted by Gasteiger charge is -2.30. The van der Waals surface area contributed by atoms with Crippen molar-refractivity contribution in [2.75, 3.05) is 20.3 Å². The molecule has 0 aromatic heterocycles. The highest BCUT2D eigenvalue weighted by Crippen LogP contribution is 2.36. The summed E-state index contributed by atoms with van der Waals surface area (Å²) >= 11 is 0. The maximum Gasteiger partial charge on any atom is 0.260 e. The molecule has 0 saturated carbocycles. The Kier molecular flexibility index (Phi) is 3.19. The molecule has 1 unspecified atom stereocenters. The molecule has 1 aliphatic rings. The molecule has 0 aliphatic carbocycles. The highest BCUT2D eigenvalue weighted by atomic mass is 19.3. The summed E-state index contributed by atoms with van der Waals surface area (Å²) in [7, 11) is 1.52. The maximum atomic E-state index is 13.1. The summed E-state index contributed by atoms with van der Waals surface area (Å²) in [6.45, 7) is 2.40. The maximum absolute atomic E-state index is 13.1. The predicted octanol–water partition coefficient (Wildman–Crippen LogP) is 2.16. The molecule has 1 aromatic carbocycles. The SMILES string of the molecule is CNC(C)(c1ccc2c(c1)OCCO2)C(F)F. The van der Waals surface area contributed by atoms with Gasteiger partial charge in [0, 0.05) is 0 Å². The molecule has 94 valence electrons. The van der Waals surface area contributed by atoms with Crippen LogP contribution in [0.4, 0.5) is 8.78 Å². The summed E-state index contributed by atoms with van der Waals surface area (Å²) < 4.78 is 36.9. The Hall–Kier alpha value is -1.36. The van der Waals surface area contributed by atoms with Gasteiger partial charge in [-0.05, 0) is 31.7 Å². The third-order valence-electron chi connectivity index (χ3n) is 3.10. The van der Waals surface area contributed by atoms with Gasteiger partial charge in [-0.1, -0.05) is 6.07 Å². The van der Waals surface area contributed by atoms with Crippen LogP contribution in [0.25, 0.3) is 0 Å². The molecule has 0 amide bonds. The molecule has 0 fully saturated rings. The van der Waals surface area contributed by atoms with Crippen LogP contribution in [0.2, 0.25) is 0 Å². The van der Waals surface area contributed by atoms with Crippen molar-refractivity contribution in [1.82, 2.24) is 5.32 Å². The van der Waals surface area contributed by atoms with E-state index in [0.717, 1.165) is 0 Å². The Morgan fingerprint density at radius 2 is 1.88 bits per heavy atom. The van der Waals surface area contributed by atoms with E-state index < -0.39 is 12.0 Å². The van der Waals surface area contributed by atoms with Crippen LogP contribution < -0.4 is 14.8 Å². The Morgan fingerprint density at radius 1 is 1.24 bits per heavy atom. The zero-order chi connectivity index (χ0) is 12.5. The minimum atomic E-state index is -2.50. The van der Waals surface area contributed by atoms with Gasteiger partial charge in [-0.25, -0.2) is 8.78 Å². The van der Waals surface area contributed by atoms with Gasteiger partial charge < -0.3 is 14.8 Å². The fourth-order valence-corrected chi connectivity index (χ4v) is 1.75. The Morgan fingerprint density at radius 3 is 2.47 bits per heavy atom. The molecule has 1 aliphatic heterocycles. The molecule has 0 radical (unpaired) electrons. The number of fused-ring (bicyclic) bond motifs is 1. The van der Waals surface area contributed by atoms with Crippen molar-refractivity contribution in [2.24, 2.45) is 0 Å². The summed E-state index contributed by atoms with van der Waals surface area (Å²) in [5.41, 5.74) is -0.894. The van der Waals surface area contributed by atoms with Gasteiger partial charge in [-0.15, -0.1) is 0 Å². The molecule has 1 N–H and O–H groups in total. The number of halogens is 2. The molecule has 1 heterocycles. The van der Waals surface area contributed by atoms with Crippen molar-refractivity contribution in [2.45, 2.75) is 18.9 Å². The van der Waals surface area contributed by atoms with Crippen LogP contribution in [0.5, 0.6) is 11.5 Å². The van der Waals surface area contributed by atoms with E-state index in [0.29, 0.717) is 30.3 Å². The van der Waals surface area contributed by atoms with Crippen LogP contribution >= 0.6 is 0 Å². The number of benzene rings is 1.